The molecule has 214 valence electrons. The molecule has 1 aliphatic rings. The van der Waals surface area contributed by atoms with Crippen LogP contribution in [0.15, 0.2) is 107 Å². The summed E-state index contributed by atoms with van der Waals surface area (Å²) in [4.78, 5) is 66.2. The predicted octanol–water partition coefficient (Wildman–Crippen LogP) is 3.35. The molecular weight excluding hydrogens is 659 g/mol. The second-order valence-electron chi connectivity index (χ2n) is 9.15. The van der Waals surface area contributed by atoms with Crippen LogP contribution in [0.5, 0.6) is 0 Å². The molecule has 42 heavy (non-hydrogen) atoms. The normalized spacial score (nSPS) is 19.5. The van der Waals surface area contributed by atoms with Crippen molar-refractivity contribution in [2.24, 2.45) is 0 Å². The van der Waals surface area contributed by atoms with Crippen LogP contribution in [-0.4, -0.2) is 52.4 Å². The van der Waals surface area contributed by atoms with Crippen LogP contribution < -0.4 is 11.2 Å². The number of rotatable bonds is 8. The quantitative estimate of drug-likeness (QED) is 0.168. The Hall–Kier alpha value is -4.56. The van der Waals surface area contributed by atoms with Crippen LogP contribution in [0, 0.1) is 3.57 Å². The lowest BCUT2D eigenvalue weighted by Gasteiger charge is -2.25. The molecule has 1 fully saturated rings. The first-order valence-electron chi connectivity index (χ1n) is 12.7. The molecule has 12 heteroatoms. The number of carbonyl (C=O) groups is 3. The van der Waals surface area contributed by atoms with Gasteiger partial charge < -0.3 is 18.9 Å². The molecule has 2 heterocycles. The maximum atomic E-state index is 13.2. The Bertz CT molecular complexity index is 1690. The van der Waals surface area contributed by atoms with Crippen molar-refractivity contribution in [2.45, 2.75) is 24.5 Å². The minimum absolute atomic E-state index is 0.153. The number of nitrogens with one attached hydrogen (secondary N) is 1. The molecule has 5 rings (SSSR count). The topological polar surface area (TPSA) is 143 Å². The fraction of sp³-hybridized carbons (Fsp3) is 0.167. The average Bonchev–Trinajstić information content (AvgIpc) is 3.34. The van der Waals surface area contributed by atoms with E-state index in [1.807, 2.05) is 0 Å². The number of halogens is 1. The predicted molar refractivity (Wildman–Crippen MR) is 156 cm³/mol. The van der Waals surface area contributed by atoms with E-state index in [4.69, 9.17) is 18.9 Å². The third-order valence-electron chi connectivity index (χ3n) is 6.38. The number of nitrogens with zero attached hydrogens (tertiary/aromatic N) is 1. The molecule has 3 aromatic carbocycles. The minimum Gasteiger partial charge on any atom is -0.459 e. The van der Waals surface area contributed by atoms with E-state index >= 15 is 0 Å². The van der Waals surface area contributed by atoms with Gasteiger partial charge in [-0.25, -0.2) is 19.2 Å². The van der Waals surface area contributed by atoms with Crippen molar-refractivity contribution in [3.05, 3.63) is 138 Å². The smallest absolute Gasteiger partial charge is 0.338 e. The molecule has 0 aliphatic carbocycles. The van der Waals surface area contributed by atoms with Gasteiger partial charge in [-0.05, 0) is 59.0 Å². The van der Waals surface area contributed by atoms with E-state index in [0.29, 0.717) is 0 Å². The average molecular weight is 682 g/mol. The number of aromatic nitrogens is 2. The first-order valence-corrected chi connectivity index (χ1v) is 13.8. The molecule has 1 aliphatic heterocycles. The van der Waals surface area contributed by atoms with E-state index in [-0.39, 0.29) is 20.3 Å². The van der Waals surface area contributed by atoms with Gasteiger partial charge in [0, 0.05) is 6.20 Å². The molecule has 1 saturated heterocycles. The zero-order valence-corrected chi connectivity index (χ0v) is 23.9. The Morgan fingerprint density at radius 2 is 1.21 bits per heavy atom. The van der Waals surface area contributed by atoms with Gasteiger partial charge in [0.05, 0.1) is 20.3 Å². The highest BCUT2D eigenvalue weighted by Gasteiger charge is 2.51. The van der Waals surface area contributed by atoms with Crippen LogP contribution in [0.3, 0.4) is 0 Å². The molecule has 0 saturated carbocycles. The summed E-state index contributed by atoms with van der Waals surface area (Å²) in [6, 6.07) is 24.4. The molecule has 1 N–H and O–H groups in total. The van der Waals surface area contributed by atoms with Crippen LogP contribution >= 0.6 is 22.6 Å². The second-order valence-corrected chi connectivity index (χ2v) is 10.3. The van der Waals surface area contributed by atoms with E-state index < -0.39 is 60.3 Å². The lowest BCUT2D eigenvalue weighted by molar-refractivity contribution is -0.0641. The maximum Gasteiger partial charge on any atom is 0.338 e. The summed E-state index contributed by atoms with van der Waals surface area (Å²) in [5.41, 5.74) is -0.769. The van der Waals surface area contributed by atoms with E-state index in [2.05, 4.69) is 4.98 Å². The number of ether oxygens (including phenoxy) is 4. The number of hydrogen-bond donors (Lipinski definition) is 1. The SMILES string of the molecule is O=C(OC[C@H]1O[C@@H](n2cc(I)c(=O)[nH]c2=O)[C@@H](OC(=O)c2ccccc2)[C@@H]1OC(=O)c1ccccc1)c1ccccc1. The summed E-state index contributed by atoms with van der Waals surface area (Å²) >= 11 is 1.74. The van der Waals surface area contributed by atoms with E-state index in [1.165, 1.54) is 18.3 Å². The van der Waals surface area contributed by atoms with Crippen molar-refractivity contribution in [3.8, 4) is 0 Å². The molecule has 0 amide bonds. The summed E-state index contributed by atoms with van der Waals surface area (Å²) in [5, 5.41) is 0. The Kier molecular flexibility index (Phi) is 8.93. The third-order valence-corrected chi connectivity index (χ3v) is 7.15. The van der Waals surface area contributed by atoms with Gasteiger partial charge in [0.2, 0.25) is 0 Å². The minimum atomic E-state index is -1.38. The van der Waals surface area contributed by atoms with Gasteiger partial charge in [-0.2, -0.15) is 0 Å². The fourth-order valence-corrected chi connectivity index (χ4v) is 4.77. The first kappa shape index (κ1) is 29.0. The largest absolute Gasteiger partial charge is 0.459 e. The lowest BCUT2D eigenvalue weighted by Crippen LogP contribution is -2.43. The van der Waals surface area contributed by atoms with Gasteiger partial charge >= 0.3 is 23.6 Å². The van der Waals surface area contributed by atoms with Crippen LogP contribution in [0.2, 0.25) is 0 Å². The van der Waals surface area contributed by atoms with Gasteiger partial charge in [-0.1, -0.05) is 54.6 Å². The Labute approximate surface area is 252 Å². The monoisotopic (exact) mass is 682 g/mol. The van der Waals surface area contributed by atoms with E-state index in [0.717, 1.165) is 4.57 Å². The fourth-order valence-electron chi connectivity index (χ4n) is 4.33. The summed E-state index contributed by atoms with van der Waals surface area (Å²) in [6.07, 6.45) is -3.99. The van der Waals surface area contributed by atoms with Gasteiger partial charge in [-0.3, -0.25) is 14.3 Å². The summed E-state index contributed by atoms with van der Waals surface area (Å²) in [7, 11) is 0. The number of aromatic amines is 1. The summed E-state index contributed by atoms with van der Waals surface area (Å²) in [6.45, 7) is -0.411. The van der Waals surface area contributed by atoms with Crippen LogP contribution in [0.25, 0.3) is 0 Å². The highest BCUT2D eigenvalue weighted by molar-refractivity contribution is 14.1. The zero-order chi connectivity index (χ0) is 29.6. The number of carbonyl (C=O) groups excluding carboxylic acids is 3. The van der Waals surface area contributed by atoms with Gasteiger partial charge in [0.1, 0.15) is 12.7 Å². The molecule has 0 spiro atoms. The molecule has 0 unspecified atom stereocenters. The number of H-pyrrole nitrogens is 1. The van der Waals surface area contributed by atoms with Crippen LogP contribution in [0.1, 0.15) is 37.3 Å². The van der Waals surface area contributed by atoms with E-state index in [9.17, 15) is 24.0 Å². The first-order chi connectivity index (χ1) is 20.3. The van der Waals surface area contributed by atoms with Gasteiger partial charge in [0.25, 0.3) is 5.56 Å². The van der Waals surface area contributed by atoms with Crippen molar-refractivity contribution in [1.29, 1.82) is 0 Å². The molecule has 0 radical (unpaired) electrons. The Morgan fingerprint density at radius 3 is 1.74 bits per heavy atom. The highest BCUT2D eigenvalue weighted by atomic mass is 127. The molecule has 0 bridgehead atoms. The third kappa shape index (κ3) is 6.50. The van der Waals surface area contributed by atoms with Crippen molar-refractivity contribution in [3.63, 3.8) is 0 Å². The zero-order valence-electron chi connectivity index (χ0n) is 21.8. The highest BCUT2D eigenvalue weighted by Crippen LogP contribution is 2.35. The number of hydrogen-bond acceptors (Lipinski definition) is 9. The number of benzene rings is 3. The molecule has 4 atom stereocenters. The second kappa shape index (κ2) is 13.0. The van der Waals surface area contributed by atoms with Gasteiger partial charge in [0.15, 0.2) is 18.4 Å². The molecular formula is C30H23IN2O9. The van der Waals surface area contributed by atoms with E-state index in [1.54, 1.807) is 101 Å². The van der Waals surface area contributed by atoms with Crippen molar-refractivity contribution in [2.75, 3.05) is 6.61 Å². The van der Waals surface area contributed by atoms with Crippen LogP contribution in [-0.2, 0) is 18.9 Å². The Morgan fingerprint density at radius 1 is 0.738 bits per heavy atom. The van der Waals surface area contributed by atoms with Crippen molar-refractivity contribution >= 4 is 40.5 Å². The lowest BCUT2D eigenvalue weighted by atomic mass is 10.1. The number of esters is 3. The van der Waals surface area contributed by atoms with Gasteiger partial charge in [-0.15, -0.1) is 0 Å². The Balaban J connectivity index is 1.52. The molecule has 11 nitrogen and oxygen atoms in total. The summed E-state index contributed by atoms with van der Waals surface area (Å²) in [5.74, 6) is -2.19. The maximum absolute atomic E-state index is 13.2. The van der Waals surface area contributed by atoms with Crippen molar-refractivity contribution in [1.82, 2.24) is 9.55 Å². The van der Waals surface area contributed by atoms with Crippen LogP contribution in [0.4, 0.5) is 0 Å². The molecule has 4 aromatic rings. The van der Waals surface area contributed by atoms with Crippen molar-refractivity contribution < 1.29 is 33.3 Å². The standard InChI is InChI=1S/C30H23IN2O9/c31-21-16-33(30(38)32-25(21)34)26-24(42-29(37)20-14-8-3-9-15-20)23(41-28(36)19-12-6-2-7-13-19)22(40-26)17-39-27(35)18-10-4-1-5-11-18/h1-16,22-24,26H,17H2,(H,32,34,38)/t22-,23-,24+,26-/m1/s1. The summed E-state index contributed by atoms with van der Waals surface area (Å²) < 4.78 is 24.4. The molecule has 1 aromatic heterocycles.